The normalized spacial score (nSPS) is 13.7. The average Bonchev–Trinajstić information content (AvgIpc) is 2.81. The van der Waals surface area contributed by atoms with Gasteiger partial charge in [-0.15, -0.1) is 0 Å². The number of carbonyl (C=O) groups excluding carboxylic acids is 1. The number of amides is 1. The van der Waals surface area contributed by atoms with E-state index in [0.29, 0.717) is 11.3 Å². The maximum Gasteiger partial charge on any atom is 0.255 e. The van der Waals surface area contributed by atoms with Crippen molar-refractivity contribution in [1.82, 2.24) is 15.1 Å². The first-order valence-corrected chi connectivity index (χ1v) is 6.73. The number of halogens is 2. The Kier molecular flexibility index (Phi) is 4.56. The second-order valence-electron chi connectivity index (χ2n) is 5.15. The maximum atomic E-state index is 13.2. The van der Waals surface area contributed by atoms with Gasteiger partial charge in [0.15, 0.2) is 11.6 Å². The van der Waals surface area contributed by atoms with E-state index in [0.717, 1.165) is 12.1 Å². The molecule has 0 radical (unpaired) electrons. The molecule has 0 spiro atoms. The minimum Gasteiger partial charge on any atom is -0.386 e. The van der Waals surface area contributed by atoms with Gasteiger partial charge in [-0.3, -0.25) is 9.48 Å². The lowest BCUT2D eigenvalue weighted by molar-refractivity contribution is 0.0850. The third kappa shape index (κ3) is 3.14. The van der Waals surface area contributed by atoms with Gasteiger partial charge in [-0.2, -0.15) is 5.10 Å². The summed E-state index contributed by atoms with van der Waals surface area (Å²) in [7, 11) is 1.71. The van der Waals surface area contributed by atoms with E-state index in [2.05, 4.69) is 10.4 Å². The molecule has 1 amide bonds. The molecule has 0 fully saturated rings. The second kappa shape index (κ2) is 6.23. The summed E-state index contributed by atoms with van der Waals surface area (Å²) >= 11 is 0. The van der Waals surface area contributed by atoms with E-state index in [-0.39, 0.29) is 11.5 Å². The van der Waals surface area contributed by atoms with Crippen molar-refractivity contribution in [3.63, 3.8) is 0 Å². The summed E-state index contributed by atoms with van der Waals surface area (Å²) in [6, 6.07) is 2.45. The summed E-state index contributed by atoms with van der Waals surface area (Å²) in [6.45, 7) is 3.33. The minimum atomic E-state index is -1.16. The maximum absolute atomic E-state index is 13.2. The number of aliphatic hydroxyl groups excluding tert-OH is 1. The van der Waals surface area contributed by atoms with Crippen LogP contribution >= 0.6 is 0 Å². The number of nitrogens with one attached hydrogen (secondary N) is 1. The van der Waals surface area contributed by atoms with Crippen molar-refractivity contribution in [2.24, 2.45) is 7.05 Å². The minimum absolute atomic E-state index is 0.189. The molecule has 2 atom stereocenters. The van der Waals surface area contributed by atoms with Gasteiger partial charge in [-0.05, 0) is 31.5 Å². The molecule has 0 aliphatic rings. The van der Waals surface area contributed by atoms with Gasteiger partial charge in [0.05, 0.1) is 23.9 Å². The first-order valence-electron chi connectivity index (χ1n) is 6.73. The molecule has 0 saturated heterocycles. The summed E-state index contributed by atoms with van der Waals surface area (Å²) in [5.41, 5.74) is 1.27. The summed E-state index contributed by atoms with van der Waals surface area (Å²) in [4.78, 5) is 12.1. The molecule has 5 nitrogen and oxygen atoms in total. The Balaban J connectivity index is 2.10. The highest BCUT2D eigenvalue weighted by Gasteiger charge is 2.22. The van der Waals surface area contributed by atoms with E-state index >= 15 is 0 Å². The molecule has 0 aliphatic heterocycles. The lowest BCUT2D eigenvalue weighted by Crippen LogP contribution is -2.37. The monoisotopic (exact) mass is 309 g/mol. The molecular formula is C15H17F2N3O2. The Morgan fingerprint density at radius 1 is 1.36 bits per heavy atom. The standard InChI is InChI=1S/C15H17F2N3O2/c1-8(14(21)10-4-5-12(16)13(17)6-10)19-15(22)11-7-18-20(3)9(11)2/h4-8,14,21H,1-3H3,(H,19,22). The Hall–Kier alpha value is -2.28. The number of aliphatic hydroxyl groups is 1. The molecule has 0 bridgehead atoms. The molecule has 2 aromatic rings. The first-order chi connectivity index (χ1) is 10.3. The van der Waals surface area contributed by atoms with Gasteiger partial charge in [-0.25, -0.2) is 8.78 Å². The Morgan fingerprint density at radius 2 is 2.05 bits per heavy atom. The van der Waals surface area contributed by atoms with Crippen LogP contribution in [-0.2, 0) is 7.05 Å². The number of hydrogen-bond donors (Lipinski definition) is 2. The molecule has 2 N–H and O–H groups in total. The van der Waals surface area contributed by atoms with Crippen LogP contribution in [0.25, 0.3) is 0 Å². The summed E-state index contributed by atoms with van der Waals surface area (Å²) < 4.78 is 27.7. The van der Waals surface area contributed by atoms with Crippen molar-refractivity contribution in [3.05, 3.63) is 52.9 Å². The number of aryl methyl sites for hydroxylation is 1. The fourth-order valence-electron chi connectivity index (χ4n) is 2.07. The highest BCUT2D eigenvalue weighted by atomic mass is 19.2. The Labute approximate surface area is 126 Å². The van der Waals surface area contributed by atoms with Crippen molar-refractivity contribution in [1.29, 1.82) is 0 Å². The van der Waals surface area contributed by atoms with Gasteiger partial charge >= 0.3 is 0 Å². The van der Waals surface area contributed by atoms with E-state index in [1.54, 1.807) is 25.6 Å². The zero-order valence-corrected chi connectivity index (χ0v) is 12.5. The van der Waals surface area contributed by atoms with Crippen molar-refractivity contribution in [3.8, 4) is 0 Å². The molecule has 2 unspecified atom stereocenters. The van der Waals surface area contributed by atoms with Gasteiger partial charge in [0.2, 0.25) is 0 Å². The second-order valence-corrected chi connectivity index (χ2v) is 5.15. The van der Waals surface area contributed by atoms with Crippen LogP contribution in [0, 0.1) is 18.6 Å². The molecule has 1 heterocycles. The summed E-state index contributed by atoms with van der Waals surface area (Å²) in [5, 5.41) is 16.7. The van der Waals surface area contributed by atoms with Gasteiger partial charge in [-0.1, -0.05) is 6.07 Å². The molecule has 0 aliphatic carbocycles. The zero-order chi connectivity index (χ0) is 16.4. The van der Waals surface area contributed by atoms with E-state index in [9.17, 15) is 18.7 Å². The van der Waals surface area contributed by atoms with Gasteiger partial charge in [0, 0.05) is 12.7 Å². The Bertz CT molecular complexity index is 700. The molecule has 118 valence electrons. The molecule has 1 aromatic carbocycles. The topological polar surface area (TPSA) is 67.2 Å². The number of carbonyl (C=O) groups is 1. The smallest absolute Gasteiger partial charge is 0.255 e. The van der Waals surface area contributed by atoms with Crippen LogP contribution in [0.5, 0.6) is 0 Å². The van der Waals surface area contributed by atoms with Crippen molar-refractivity contribution in [2.45, 2.75) is 26.0 Å². The van der Waals surface area contributed by atoms with Gasteiger partial charge in [0.25, 0.3) is 5.91 Å². The fourth-order valence-corrected chi connectivity index (χ4v) is 2.07. The predicted octanol–water partition coefficient (Wildman–Crippen LogP) is 1.86. The van der Waals surface area contributed by atoms with Crippen molar-refractivity contribution in [2.75, 3.05) is 0 Å². The fraction of sp³-hybridized carbons (Fsp3) is 0.333. The molecule has 22 heavy (non-hydrogen) atoms. The lowest BCUT2D eigenvalue weighted by Gasteiger charge is -2.20. The van der Waals surface area contributed by atoms with Crippen LogP contribution in [0.15, 0.2) is 24.4 Å². The van der Waals surface area contributed by atoms with Crippen LogP contribution in [0.1, 0.15) is 34.6 Å². The number of rotatable bonds is 4. The first kappa shape index (κ1) is 16.1. The van der Waals surface area contributed by atoms with E-state index in [1.165, 1.54) is 12.3 Å². The summed E-state index contributed by atoms with van der Waals surface area (Å²) in [5.74, 6) is -2.42. The van der Waals surface area contributed by atoms with Crippen LogP contribution in [0.2, 0.25) is 0 Å². The molecule has 0 saturated carbocycles. The predicted molar refractivity (Wildman–Crippen MR) is 76.2 cm³/mol. The third-order valence-corrected chi connectivity index (χ3v) is 3.60. The van der Waals surface area contributed by atoms with Gasteiger partial charge < -0.3 is 10.4 Å². The quantitative estimate of drug-likeness (QED) is 0.906. The molecule has 7 heteroatoms. The van der Waals surface area contributed by atoms with Crippen molar-refractivity contribution < 1.29 is 18.7 Å². The number of aromatic nitrogens is 2. The SMILES string of the molecule is Cc1c(C(=O)NC(C)C(O)c2ccc(F)c(F)c2)cnn1C. The average molecular weight is 309 g/mol. The molecule has 1 aromatic heterocycles. The molecular weight excluding hydrogens is 292 g/mol. The summed E-state index contributed by atoms with van der Waals surface area (Å²) in [6.07, 6.45) is 0.275. The van der Waals surface area contributed by atoms with Gasteiger partial charge in [0.1, 0.15) is 0 Å². The van der Waals surface area contributed by atoms with E-state index < -0.39 is 23.8 Å². The van der Waals surface area contributed by atoms with Crippen molar-refractivity contribution >= 4 is 5.91 Å². The Morgan fingerprint density at radius 3 is 2.59 bits per heavy atom. The van der Waals surface area contributed by atoms with Crippen LogP contribution in [0.3, 0.4) is 0 Å². The number of hydrogen-bond acceptors (Lipinski definition) is 3. The van der Waals surface area contributed by atoms with E-state index in [1.807, 2.05) is 0 Å². The number of benzene rings is 1. The van der Waals surface area contributed by atoms with Crippen LogP contribution in [0.4, 0.5) is 8.78 Å². The highest BCUT2D eigenvalue weighted by Crippen LogP contribution is 2.19. The highest BCUT2D eigenvalue weighted by molar-refractivity contribution is 5.95. The zero-order valence-electron chi connectivity index (χ0n) is 12.5. The van der Waals surface area contributed by atoms with E-state index in [4.69, 9.17) is 0 Å². The molecule has 2 rings (SSSR count). The third-order valence-electron chi connectivity index (χ3n) is 3.60. The lowest BCUT2D eigenvalue weighted by atomic mass is 10.0. The van der Waals surface area contributed by atoms with Crippen LogP contribution < -0.4 is 5.32 Å². The largest absolute Gasteiger partial charge is 0.386 e. The number of nitrogens with zero attached hydrogens (tertiary/aromatic N) is 2. The van der Waals surface area contributed by atoms with Crippen LogP contribution in [-0.4, -0.2) is 26.8 Å².